The molecule has 0 bridgehead atoms. The SMILES string of the molecule is O=C1CCCCN1Cc1cn(Cc2ccc(OCC(F)(F)F)nn2)nn1. The van der Waals surface area contributed by atoms with Crippen LogP contribution >= 0.6 is 0 Å². The van der Waals surface area contributed by atoms with Crippen LogP contribution < -0.4 is 4.74 Å². The maximum atomic E-state index is 12.1. The van der Waals surface area contributed by atoms with Crippen molar-refractivity contribution in [2.45, 2.75) is 38.5 Å². The summed E-state index contributed by atoms with van der Waals surface area (Å²) in [5, 5.41) is 15.4. The van der Waals surface area contributed by atoms with E-state index in [4.69, 9.17) is 0 Å². The van der Waals surface area contributed by atoms with Crippen LogP contribution in [0.15, 0.2) is 18.3 Å². The molecule has 1 saturated heterocycles. The Balaban J connectivity index is 1.54. The minimum Gasteiger partial charge on any atom is -0.467 e. The molecule has 0 spiro atoms. The maximum Gasteiger partial charge on any atom is 0.422 e. The molecule has 1 fully saturated rings. The van der Waals surface area contributed by atoms with Gasteiger partial charge in [0, 0.05) is 19.0 Å². The number of alkyl halides is 3. The highest BCUT2D eigenvalue weighted by atomic mass is 19.4. The van der Waals surface area contributed by atoms with E-state index in [1.807, 2.05) is 0 Å². The topological polar surface area (TPSA) is 86.0 Å². The molecule has 0 radical (unpaired) electrons. The Kier molecular flexibility index (Phi) is 5.33. The number of amides is 1. The van der Waals surface area contributed by atoms with Gasteiger partial charge in [0.15, 0.2) is 6.61 Å². The van der Waals surface area contributed by atoms with Gasteiger partial charge in [-0.15, -0.1) is 15.3 Å². The van der Waals surface area contributed by atoms with Gasteiger partial charge < -0.3 is 9.64 Å². The zero-order valence-corrected chi connectivity index (χ0v) is 13.8. The number of carbonyl (C=O) groups is 1. The highest BCUT2D eigenvalue weighted by Crippen LogP contribution is 2.17. The van der Waals surface area contributed by atoms with Gasteiger partial charge >= 0.3 is 6.18 Å². The van der Waals surface area contributed by atoms with E-state index in [0.29, 0.717) is 24.4 Å². The Morgan fingerprint density at radius 3 is 2.62 bits per heavy atom. The smallest absolute Gasteiger partial charge is 0.422 e. The lowest BCUT2D eigenvalue weighted by Gasteiger charge is -2.25. The lowest BCUT2D eigenvalue weighted by molar-refractivity contribution is -0.154. The van der Waals surface area contributed by atoms with Crippen molar-refractivity contribution in [3.63, 3.8) is 0 Å². The molecule has 8 nitrogen and oxygen atoms in total. The highest BCUT2D eigenvalue weighted by molar-refractivity contribution is 5.76. The fourth-order valence-corrected chi connectivity index (χ4v) is 2.54. The fraction of sp³-hybridized carbons (Fsp3) is 0.533. The van der Waals surface area contributed by atoms with E-state index >= 15 is 0 Å². The van der Waals surface area contributed by atoms with Crippen LogP contribution in [-0.2, 0) is 17.9 Å². The van der Waals surface area contributed by atoms with E-state index in [9.17, 15) is 18.0 Å². The van der Waals surface area contributed by atoms with E-state index in [0.717, 1.165) is 19.4 Å². The second-order valence-electron chi connectivity index (χ2n) is 5.95. The van der Waals surface area contributed by atoms with Gasteiger partial charge in [0.1, 0.15) is 5.69 Å². The molecule has 3 heterocycles. The van der Waals surface area contributed by atoms with Gasteiger partial charge in [-0.3, -0.25) is 4.79 Å². The lowest BCUT2D eigenvalue weighted by Crippen LogP contribution is -2.34. The molecular weight excluding hydrogens is 353 g/mol. The second kappa shape index (κ2) is 7.67. The Hall–Kier alpha value is -2.72. The molecule has 1 aliphatic heterocycles. The van der Waals surface area contributed by atoms with Crippen LogP contribution in [0.4, 0.5) is 13.2 Å². The quantitative estimate of drug-likeness (QED) is 0.767. The van der Waals surface area contributed by atoms with Crippen LogP contribution in [0.2, 0.25) is 0 Å². The van der Waals surface area contributed by atoms with Gasteiger partial charge in [-0.25, -0.2) is 4.68 Å². The van der Waals surface area contributed by atoms with Crippen molar-refractivity contribution in [1.82, 2.24) is 30.1 Å². The fourth-order valence-electron chi connectivity index (χ4n) is 2.54. The first-order valence-electron chi connectivity index (χ1n) is 8.08. The summed E-state index contributed by atoms with van der Waals surface area (Å²) in [5.41, 5.74) is 1.16. The number of piperidine rings is 1. The Labute approximate surface area is 147 Å². The minimum atomic E-state index is -4.42. The summed E-state index contributed by atoms with van der Waals surface area (Å²) < 4.78 is 42.3. The Morgan fingerprint density at radius 1 is 1.08 bits per heavy atom. The highest BCUT2D eigenvalue weighted by Gasteiger charge is 2.28. The maximum absolute atomic E-state index is 12.1. The van der Waals surface area contributed by atoms with E-state index in [-0.39, 0.29) is 18.3 Å². The first-order chi connectivity index (χ1) is 12.4. The largest absolute Gasteiger partial charge is 0.467 e. The number of carbonyl (C=O) groups excluding carboxylic acids is 1. The van der Waals surface area contributed by atoms with Gasteiger partial charge in [-0.1, -0.05) is 5.21 Å². The number of nitrogens with zero attached hydrogens (tertiary/aromatic N) is 6. The number of likely N-dealkylation sites (tertiary alicyclic amines) is 1. The minimum absolute atomic E-state index is 0.117. The van der Waals surface area contributed by atoms with Crippen molar-refractivity contribution in [1.29, 1.82) is 0 Å². The molecule has 1 aliphatic rings. The monoisotopic (exact) mass is 370 g/mol. The summed E-state index contributed by atoms with van der Waals surface area (Å²) in [6.07, 6.45) is -0.251. The predicted molar refractivity (Wildman–Crippen MR) is 82.0 cm³/mol. The standard InChI is InChI=1S/C15H17F3N6O2/c16-15(17,18)10-26-13-5-4-11(19-21-13)8-24-9-12(20-22-24)7-23-6-2-1-3-14(23)25/h4-5,9H,1-3,6-8,10H2. The molecule has 26 heavy (non-hydrogen) atoms. The molecule has 0 aliphatic carbocycles. The molecule has 2 aromatic rings. The Bertz CT molecular complexity index is 747. The zero-order valence-electron chi connectivity index (χ0n) is 13.8. The molecule has 3 rings (SSSR count). The second-order valence-corrected chi connectivity index (χ2v) is 5.95. The molecule has 0 unspecified atom stereocenters. The average molecular weight is 370 g/mol. The van der Waals surface area contributed by atoms with Gasteiger partial charge in [0.25, 0.3) is 0 Å². The number of aromatic nitrogens is 5. The summed E-state index contributed by atoms with van der Waals surface area (Å²) in [4.78, 5) is 13.6. The van der Waals surface area contributed by atoms with E-state index < -0.39 is 12.8 Å². The van der Waals surface area contributed by atoms with Crippen molar-refractivity contribution in [3.8, 4) is 5.88 Å². The number of rotatable bonds is 6. The average Bonchev–Trinajstić information content (AvgIpc) is 3.03. The van der Waals surface area contributed by atoms with Gasteiger partial charge in [0.05, 0.1) is 25.0 Å². The summed E-state index contributed by atoms with van der Waals surface area (Å²) in [6.45, 7) is -0.0263. The number of hydrogen-bond donors (Lipinski definition) is 0. The molecule has 0 atom stereocenters. The zero-order chi connectivity index (χ0) is 18.6. The third-order valence-corrected chi connectivity index (χ3v) is 3.76. The molecule has 140 valence electrons. The van der Waals surface area contributed by atoms with Gasteiger partial charge in [-0.05, 0) is 18.9 Å². The van der Waals surface area contributed by atoms with Crippen LogP contribution in [-0.4, -0.2) is 55.3 Å². The predicted octanol–water partition coefficient (Wildman–Crippen LogP) is 1.57. The van der Waals surface area contributed by atoms with Crippen molar-refractivity contribution in [2.75, 3.05) is 13.2 Å². The van der Waals surface area contributed by atoms with Crippen LogP contribution in [0, 0.1) is 0 Å². The molecular formula is C15H17F3N6O2. The molecule has 0 saturated carbocycles. The first-order valence-corrected chi connectivity index (χ1v) is 8.08. The summed E-state index contributed by atoms with van der Waals surface area (Å²) in [7, 11) is 0. The van der Waals surface area contributed by atoms with Crippen LogP contribution in [0.5, 0.6) is 5.88 Å². The van der Waals surface area contributed by atoms with Gasteiger partial charge in [0.2, 0.25) is 11.8 Å². The van der Waals surface area contributed by atoms with Crippen LogP contribution in [0.3, 0.4) is 0 Å². The van der Waals surface area contributed by atoms with E-state index in [2.05, 4.69) is 25.2 Å². The number of ether oxygens (including phenoxy) is 1. The molecule has 0 N–H and O–H groups in total. The van der Waals surface area contributed by atoms with Gasteiger partial charge in [-0.2, -0.15) is 13.2 Å². The number of hydrogen-bond acceptors (Lipinski definition) is 6. The summed E-state index contributed by atoms with van der Waals surface area (Å²) in [6, 6.07) is 2.83. The van der Waals surface area contributed by atoms with Crippen molar-refractivity contribution >= 4 is 5.91 Å². The summed E-state index contributed by atoms with van der Waals surface area (Å²) in [5.74, 6) is -0.0833. The molecule has 1 amide bonds. The van der Waals surface area contributed by atoms with Crippen molar-refractivity contribution in [2.24, 2.45) is 0 Å². The van der Waals surface area contributed by atoms with E-state index in [1.54, 1.807) is 11.1 Å². The van der Waals surface area contributed by atoms with Crippen LogP contribution in [0.1, 0.15) is 30.7 Å². The lowest BCUT2D eigenvalue weighted by atomic mass is 10.1. The molecule has 11 heteroatoms. The normalized spacial score (nSPS) is 15.3. The van der Waals surface area contributed by atoms with Crippen molar-refractivity contribution in [3.05, 3.63) is 29.7 Å². The Morgan fingerprint density at radius 2 is 1.92 bits per heavy atom. The van der Waals surface area contributed by atoms with Crippen molar-refractivity contribution < 1.29 is 22.7 Å². The first kappa shape index (κ1) is 18.1. The third-order valence-electron chi connectivity index (χ3n) is 3.76. The number of halogens is 3. The van der Waals surface area contributed by atoms with E-state index in [1.165, 1.54) is 16.8 Å². The third kappa shape index (κ3) is 5.14. The molecule has 2 aromatic heterocycles. The van der Waals surface area contributed by atoms with Crippen LogP contribution in [0.25, 0.3) is 0 Å². The molecule has 0 aromatic carbocycles. The summed E-state index contributed by atoms with van der Waals surface area (Å²) >= 11 is 0.